The van der Waals surface area contributed by atoms with Gasteiger partial charge in [-0.05, 0) is 19.8 Å². The van der Waals surface area contributed by atoms with Gasteiger partial charge in [-0.15, -0.1) is 0 Å². The molecule has 1 radical (unpaired) electrons. The summed E-state index contributed by atoms with van der Waals surface area (Å²) in [7, 11) is -4.00. The number of hydrogen-bond acceptors (Lipinski definition) is 1. The van der Waals surface area contributed by atoms with Crippen LogP contribution in [0.1, 0.15) is 26.7 Å². The van der Waals surface area contributed by atoms with Gasteiger partial charge in [0.25, 0.3) is 0 Å². The van der Waals surface area contributed by atoms with E-state index in [1.807, 2.05) is 0 Å². The minimum absolute atomic E-state index is 0.410. The minimum Gasteiger partial charge on any atom is -0.324 e. The van der Waals surface area contributed by atoms with Crippen LogP contribution in [0.15, 0.2) is 0 Å². The first-order valence-corrected chi connectivity index (χ1v) is 4.89. The fourth-order valence-corrected chi connectivity index (χ4v) is 1.49. The molecule has 4 heteroatoms. The molecule has 0 atom stereocenters. The SMILES string of the molecule is [CH2]C(CC)(CC)P(=O)(O)O. The fraction of sp³-hybridized carbons (Fsp3) is 0.833. The predicted molar refractivity (Wildman–Crippen MR) is 40.7 cm³/mol. The monoisotopic (exact) mass is 165 g/mol. The average Bonchev–Trinajstić information content (AvgIpc) is 1.84. The molecule has 0 aliphatic heterocycles. The second-order valence-electron chi connectivity index (χ2n) is 2.48. The van der Waals surface area contributed by atoms with Crippen LogP contribution in [0.25, 0.3) is 0 Å². The van der Waals surface area contributed by atoms with Gasteiger partial charge in [0, 0.05) is 0 Å². The van der Waals surface area contributed by atoms with Gasteiger partial charge in [0.1, 0.15) is 0 Å². The van der Waals surface area contributed by atoms with E-state index < -0.39 is 12.8 Å². The Labute approximate surface area is 61.6 Å². The lowest BCUT2D eigenvalue weighted by Gasteiger charge is -2.26. The molecule has 0 unspecified atom stereocenters. The molecule has 0 aromatic heterocycles. The molecule has 0 amide bonds. The van der Waals surface area contributed by atoms with E-state index in [0.29, 0.717) is 12.8 Å². The van der Waals surface area contributed by atoms with Crippen molar-refractivity contribution in [1.29, 1.82) is 0 Å². The standard InChI is InChI=1S/C6H14O3P/c1-4-6(3,5-2)10(7,8)9/h3-5H2,1-2H3,(H2,7,8,9). The molecular weight excluding hydrogens is 151 g/mol. The Bertz CT molecular complexity index is 145. The summed E-state index contributed by atoms with van der Waals surface area (Å²) in [5.74, 6) is 0. The van der Waals surface area contributed by atoms with E-state index in [0.717, 1.165) is 0 Å². The Morgan fingerprint density at radius 2 is 1.70 bits per heavy atom. The maximum Gasteiger partial charge on any atom is 0.331 e. The van der Waals surface area contributed by atoms with E-state index in [-0.39, 0.29) is 0 Å². The Hall–Kier alpha value is 0.150. The molecule has 0 rings (SSSR count). The third-order valence-electron chi connectivity index (χ3n) is 1.93. The molecule has 0 saturated heterocycles. The van der Waals surface area contributed by atoms with Gasteiger partial charge in [0.05, 0.1) is 5.16 Å². The van der Waals surface area contributed by atoms with Crippen molar-refractivity contribution in [3.63, 3.8) is 0 Å². The molecular formula is C6H14O3P. The zero-order valence-corrected chi connectivity index (χ0v) is 7.27. The maximum atomic E-state index is 10.7. The Morgan fingerprint density at radius 3 is 1.70 bits per heavy atom. The molecule has 0 aliphatic carbocycles. The van der Waals surface area contributed by atoms with Gasteiger partial charge in [-0.2, -0.15) is 0 Å². The highest BCUT2D eigenvalue weighted by molar-refractivity contribution is 7.53. The van der Waals surface area contributed by atoms with Crippen LogP contribution in [0.5, 0.6) is 0 Å². The second kappa shape index (κ2) is 3.04. The topological polar surface area (TPSA) is 57.5 Å². The van der Waals surface area contributed by atoms with E-state index in [1.54, 1.807) is 13.8 Å². The predicted octanol–water partition coefficient (Wildman–Crippen LogP) is 1.56. The summed E-state index contributed by atoms with van der Waals surface area (Å²) >= 11 is 0. The first-order valence-electron chi connectivity index (χ1n) is 3.28. The highest BCUT2D eigenvalue weighted by atomic mass is 31.2. The molecule has 10 heavy (non-hydrogen) atoms. The van der Waals surface area contributed by atoms with Crippen LogP contribution in [-0.4, -0.2) is 14.9 Å². The number of rotatable bonds is 3. The van der Waals surface area contributed by atoms with Crippen molar-refractivity contribution in [3.05, 3.63) is 6.92 Å². The summed E-state index contributed by atoms with van der Waals surface area (Å²) < 4.78 is 10.7. The smallest absolute Gasteiger partial charge is 0.324 e. The molecule has 3 nitrogen and oxygen atoms in total. The highest BCUT2D eigenvalue weighted by Crippen LogP contribution is 2.53. The van der Waals surface area contributed by atoms with Gasteiger partial charge in [0.15, 0.2) is 0 Å². The van der Waals surface area contributed by atoms with Crippen LogP contribution >= 0.6 is 7.60 Å². The normalized spacial score (nSPS) is 13.7. The molecule has 0 heterocycles. The van der Waals surface area contributed by atoms with Crippen LogP contribution < -0.4 is 0 Å². The molecule has 2 N–H and O–H groups in total. The quantitative estimate of drug-likeness (QED) is 0.624. The number of hydrogen-bond donors (Lipinski definition) is 2. The first kappa shape index (κ1) is 10.2. The lowest BCUT2D eigenvalue weighted by Crippen LogP contribution is -2.22. The largest absolute Gasteiger partial charge is 0.331 e. The van der Waals surface area contributed by atoms with Crippen molar-refractivity contribution in [1.82, 2.24) is 0 Å². The molecule has 0 aliphatic rings. The van der Waals surface area contributed by atoms with Crippen molar-refractivity contribution in [3.8, 4) is 0 Å². The van der Waals surface area contributed by atoms with Crippen LogP contribution in [0.4, 0.5) is 0 Å². The van der Waals surface area contributed by atoms with Gasteiger partial charge in [0.2, 0.25) is 0 Å². The van der Waals surface area contributed by atoms with Crippen molar-refractivity contribution in [2.75, 3.05) is 0 Å². The summed E-state index contributed by atoms with van der Waals surface area (Å²) in [5.41, 5.74) is 0. The molecule has 0 saturated carbocycles. The average molecular weight is 165 g/mol. The van der Waals surface area contributed by atoms with E-state index in [2.05, 4.69) is 6.92 Å². The van der Waals surface area contributed by atoms with Crippen molar-refractivity contribution in [2.24, 2.45) is 0 Å². The van der Waals surface area contributed by atoms with Crippen LogP contribution in [0.3, 0.4) is 0 Å². The summed E-state index contributed by atoms with van der Waals surface area (Å²) in [5, 5.41) is -1.06. The van der Waals surface area contributed by atoms with E-state index in [4.69, 9.17) is 9.79 Å². The Balaban J connectivity index is 4.50. The molecule has 0 spiro atoms. The highest BCUT2D eigenvalue weighted by Gasteiger charge is 2.38. The van der Waals surface area contributed by atoms with Gasteiger partial charge in [-0.1, -0.05) is 13.8 Å². The first-order chi connectivity index (χ1) is 4.37. The molecule has 0 fully saturated rings. The zero-order valence-electron chi connectivity index (χ0n) is 6.37. The van der Waals surface area contributed by atoms with Crippen molar-refractivity contribution >= 4 is 7.60 Å². The summed E-state index contributed by atoms with van der Waals surface area (Å²) in [6, 6.07) is 0. The van der Waals surface area contributed by atoms with Gasteiger partial charge in [-0.25, -0.2) is 0 Å². The van der Waals surface area contributed by atoms with Crippen molar-refractivity contribution < 1.29 is 14.4 Å². The zero-order chi connectivity index (χ0) is 8.41. The van der Waals surface area contributed by atoms with Gasteiger partial charge in [-0.3, -0.25) is 4.57 Å². The van der Waals surface area contributed by atoms with Crippen LogP contribution in [0.2, 0.25) is 0 Å². The summed E-state index contributed by atoms with van der Waals surface area (Å²) in [4.78, 5) is 17.6. The molecule has 0 aromatic carbocycles. The third-order valence-corrected chi connectivity index (χ3v) is 3.80. The Morgan fingerprint density at radius 1 is 1.40 bits per heavy atom. The lowest BCUT2D eigenvalue weighted by molar-refractivity contribution is 0.333. The van der Waals surface area contributed by atoms with Crippen molar-refractivity contribution in [2.45, 2.75) is 31.8 Å². The third kappa shape index (κ3) is 1.82. The summed E-state index contributed by atoms with van der Waals surface area (Å²) in [6.45, 7) is 6.98. The van der Waals surface area contributed by atoms with Crippen LogP contribution in [-0.2, 0) is 4.57 Å². The lowest BCUT2D eigenvalue weighted by atomic mass is 10.1. The Kier molecular flexibility index (Phi) is 3.08. The van der Waals surface area contributed by atoms with Gasteiger partial charge < -0.3 is 9.79 Å². The minimum atomic E-state index is -4.00. The molecule has 61 valence electrons. The maximum absolute atomic E-state index is 10.7. The van der Waals surface area contributed by atoms with Gasteiger partial charge >= 0.3 is 7.60 Å². The second-order valence-corrected chi connectivity index (χ2v) is 4.51. The van der Waals surface area contributed by atoms with E-state index >= 15 is 0 Å². The molecule has 0 bridgehead atoms. The van der Waals surface area contributed by atoms with E-state index in [9.17, 15) is 4.57 Å². The van der Waals surface area contributed by atoms with E-state index in [1.165, 1.54) is 0 Å². The van der Waals surface area contributed by atoms with Crippen LogP contribution in [0, 0.1) is 6.92 Å². The summed E-state index contributed by atoms with van der Waals surface area (Å²) in [6.07, 6.45) is 0.821. The molecule has 0 aromatic rings. The fourth-order valence-electron chi connectivity index (χ4n) is 0.662.